The minimum Gasteiger partial charge on any atom is -0.477 e. The highest BCUT2D eigenvalue weighted by molar-refractivity contribution is 5.94. The van der Waals surface area contributed by atoms with Gasteiger partial charge in [0.1, 0.15) is 11.4 Å². The van der Waals surface area contributed by atoms with Crippen LogP contribution in [0.1, 0.15) is 26.4 Å². The Kier molecular flexibility index (Phi) is 5.26. The minimum absolute atomic E-state index is 0.113. The largest absolute Gasteiger partial charge is 0.573 e. The first kappa shape index (κ1) is 18.2. The Morgan fingerprint density at radius 1 is 1.20 bits per heavy atom. The molecule has 1 amide bonds. The highest BCUT2D eigenvalue weighted by atomic mass is 19.4. The average molecular weight is 354 g/mol. The Hall–Kier alpha value is -3.10. The first-order valence-electron chi connectivity index (χ1n) is 6.96. The maximum absolute atomic E-state index is 12.4. The molecule has 0 unspecified atom stereocenters. The van der Waals surface area contributed by atoms with Crippen LogP contribution in [0.25, 0.3) is 0 Å². The van der Waals surface area contributed by atoms with Gasteiger partial charge in [0.05, 0.1) is 5.56 Å². The normalized spacial score (nSPS) is 11.0. The lowest BCUT2D eigenvalue weighted by atomic mass is 10.1. The Bertz CT molecular complexity index is 776. The number of amides is 1. The summed E-state index contributed by atoms with van der Waals surface area (Å²) in [6, 6.07) is 7.94. The zero-order chi connectivity index (χ0) is 18.6. The number of aromatic carboxylic acids is 1. The predicted molar refractivity (Wildman–Crippen MR) is 80.1 cm³/mol. The molecule has 0 saturated heterocycles. The molecule has 132 valence electrons. The second-order valence-electron chi connectivity index (χ2n) is 5.05. The van der Waals surface area contributed by atoms with Crippen LogP contribution in [0.4, 0.5) is 13.2 Å². The van der Waals surface area contributed by atoms with Gasteiger partial charge < -0.3 is 14.7 Å². The van der Waals surface area contributed by atoms with Gasteiger partial charge in [0.15, 0.2) is 0 Å². The molecule has 0 spiro atoms. The Labute approximate surface area is 140 Å². The van der Waals surface area contributed by atoms with Gasteiger partial charge in [-0.25, -0.2) is 9.78 Å². The van der Waals surface area contributed by atoms with Gasteiger partial charge in [-0.3, -0.25) is 4.79 Å². The molecule has 1 heterocycles. The van der Waals surface area contributed by atoms with E-state index in [1.807, 2.05) is 0 Å². The number of nitrogens with zero attached hydrogens (tertiary/aromatic N) is 2. The maximum atomic E-state index is 12.4. The first-order chi connectivity index (χ1) is 11.7. The Morgan fingerprint density at radius 3 is 2.44 bits per heavy atom. The fourth-order valence-corrected chi connectivity index (χ4v) is 2.05. The molecule has 9 heteroatoms. The zero-order valence-electron chi connectivity index (χ0n) is 12.9. The molecule has 0 aliphatic heterocycles. The standard InChI is InChI=1S/C16H13F3N2O4/c1-21(14(22)10-6-7-12(15(23)24)20-8-10)9-11-4-2-3-5-13(11)25-16(17,18)19/h2-8H,9H2,1H3,(H,23,24). The van der Waals surface area contributed by atoms with E-state index in [2.05, 4.69) is 9.72 Å². The van der Waals surface area contributed by atoms with Crippen LogP contribution in [0.15, 0.2) is 42.6 Å². The Morgan fingerprint density at radius 2 is 1.88 bits per heavy atom. The number of aromatic nitrogens is 1. The maximum Gasteiger partial charge on any atom is 0.573 e. The van der Waals surface area contributed by atoms with Crippen molar-refractivity contribution in [2.45, 2.75) is 12.9 Å². The lowest BCUT2D eigenvalue weighted by Crippen LogP contribution is -2.27. The van der Waals surface area contributed by atoms with Crippen molar-refractivity contribution in [3.05, 3.63) is 59.4 Å². The molecule has 1 aromatic carbocycles. The van der Waals surface area contributed by atoms with E-state index in [9.17, 15) is 22.8 Å². The average Bonchev–Trinajstić information content (AvgIpc) is 2.54. The van der Waals surface area contributed by atoms with Crippen LogP contribution in [-0.2, 0) is 6.54 Å². The fraction of sp³-hybridized carbons (Fsp3) is 0.188. The number of halogens is 3. The number of carbonyl (C=O) groups is 2. The van der Waals surface area contributed by atoms with Crippen LogP contribution >= 0.6 is 0 Å². The van der Waals surface area contributed by atoms with Gasteiger partial charge >= 0.3 is 12.3 Å². The smallest absolute Gasteiger partial charge is 0.477 e. The summed E-state index contributed by atoms with van der Waals surface area (Å²) in [6.45, 7) is -0.133. The summed E-state index contributed by atoms with van der Waals surface area (Å²) in [5, 5.41) is 8.78. The number of carboxylic acid groups (broad SMARTS) is 1. The van der Waals surface area contributed by atoms with Crippen LogP contribution in [0, 0.1) is 0 Å². The van der Waals surface area contributed by atoms with Gasteiger partial charge in [-0.2, -0.15) is 0 Å². The quantitative estimate of drug-likeness (QED) is 0.893. The number of carbonyl (C=O) groups excluding carboxylic acids is 1. The number of benzene rings is 1. The van der Waals surface area contributed by atoms with E-state index in [0.717, 1.165) is 12.3 Å². The molecule has 0 radical (unpaired) electrons. The van der Waals surface area contributed by atoms with Crippen molar-refractivity contribution in [2.75, 3.05) is 7.05 Å². The van der Waals surface area contributed by atoms with Gasteiger partial charge in [0.2, 0.25) is 0 Å². The molecule has 25 heavy (non-hydrogen) atoms. The lowest BCUT2D eigenvalue weighted by Gasteiger charge is -2.20. The summed E-state index contributed by atoms with van der Waals surface area (Å²) >= 11 is 0. The van der Waals surface area contributed by atoms with E-state index in [1.165, 1.54) is 42.3 Å². The molecule has 2 aromatic rings. The van der Waals surface area contributed by atoms with Gasteiger partial charge in [-0.15, -0.1) is 13.2 Å². The van der Waals surface area contributed by atoms with Crippen LogP contribution in [0.2, 0.25) is 0 Å². The van der Waals surface area contributed by atoms with Crippen molar-refractivity contribution in [1.82, 2.24) is 9.88 Å². The number of ether oxygens (including phenoxy) is 1. The molecule has 0 saturated carbocycles. The van der Waals surface area contributed by atoms with Gasteiger partial charge in [0.25, 0.3) is 5.91 Å². The minimum atomic E-state index is -4.84. The van der Waals surface area contributed by atoms with Crippen molar-refractivity contribution in [1.29, 1.82) is 0 Å². The summed E-state index contributed by atoms with van der Waals surface area (Å²) in [5.41, 5.74) is 0.0654. The molecule has 0 aliphatic carbocycles. The fourth-order valence-electron chi connectivity index (χ4n) is 2.05. The van der Waals surface area contributed by atoms with Crippen LogP contribution in [-0.4, -0.2) is 40.3 Å². The van der Waals surface area contributed by atoms with E-state index >= 15 is 0 Å². The number of hydrogen-bond acceptors (Lipinski definition) is 4. The summed E-state index contributed by atoms with van der Waals surface area (Å²) in [4.78, 5) is 27.9. The molecular weight excluding hydrogens is 341 g/mol. The molecule has 0 aliphatic rings. The van der Waals surface area contributed by atoms with Crippen molar-refractivity contribution in [2.24, 2.45) is 0 Å². The van der Waals surface area contributed by atoms with Gasteiger partial charge in [-0.1, -0.05) is 18.2 Å². The second-order valence-corrected chi connectivity index (χ2v) is 5.05. The third-order valence-electron chi connectivity index (χ3n) is 3.18. The number of para-hydroxylation sites is 1. The molecule has 1 aromatic heterocycles. The topological polar surface area (TPSA) is 79.7 Å². The first-order valence-corrected chi connectivity index (χ1v) is 6.96. The van der Waals surface area contributed by atoms with E-state index in [-0.39, 0.29) is 23.4 Å². The third-order valence-corrected chi connectivity index (χ3v) is 3.18. The number of alkyl halides is 3. The summed E-state index contributed by atoms with van der Waals surface area (Å²) in [5.74, 6) is -2.15. The Balaban J connectivity index is 2.15. The highest BCUT2D eigenvalue weighted by Crippen LogP contribution is 2.27. The van der Waals surface area contributed by atoms with Crippen molar-refractivity contribution in [3.8, 4) is 5.75 Å². The summed E-state index contributed by atoms with van der Waals surface area (Å²) in [6.07, 6.45) is -3.74. The van der Waals surface area contributed by atoms with E-state index in [1.54, 1.807) is 0 Å². The summed E-state index contributed by atoms with van der Waals surface area (Å²) < 4.78 is 41.2. The number of pyridine rings is 1. The van der Waals surface area contributed by atoms with Gasteiger partial charge in [-0.05, 0) is 18.2 Å². The van der Waals surface area contributed by atoms with Crippen LogP contribution in [0.3, 0.4) is 0 Å². The molecule has 1 N–H and O–H groups in total. The molecule has 0 bridgehead atoms. The van der Waals surface area contributed by atoms with E-state index < -0.39 is 24.0 Å². The van der Waals surface area contributed by atoms with Crippen LogP contribution < -0.4 is 4.74 Å². The summed E-state index contributed by atoms with van der Waals surface area (Å²) in [7, 11) is 1.40. The molecule has 6 nitrogen and oxygen atoms in total. The highest BCUT2D eigenvalue weighted by Gasteiger charge is 2.32. The second kappa shape index (κ2) is 7.20. The number of hydrogen-bond donors (Lipinski definition) is 1. The zero-order valence-corrected chi connectivity index (χ0v) is 12.9. The SMILES string of the molecule is CN(Cc1ccccc1OC(F)(F)F)C(=O)c1ccc(C(=O)O)nc1. The van der Waals surface area contributed by atoms with Gasteiger partial charge in [0, 0.05) is 25.4 Å². The lowest BCUT2D eigenvalue weighted by molar-refractivity contribution is -0.275. The number of rotatable bonds is 5. The van der Waals surface area contributed by atoms with E-state index in [4.69, 9.17) is 5.11 Å². The molecule has 0 atom stereocenters. The monoisotopic (exact) mass is 354 g/mol. The van der Waals surface area contributed by atoms with Crippen LogP contribution in [0.5, 0.6) is 5.75 Å². The van der Waals surface area contributed by atoms with Crippen molar-refractivity contribution >= 4 is 11.9 Å². The van der Waals surface area contributed by atoms with Crippen molar-refractivity contribution < 1.29 is 32.6 Å². The molecular formula is C16H13F3N2O4. The van der Waals surface area contributed by atoms with Crippen molar-refractivity contribution in [3.63, 3.8) is 0 Å². The molecule has 2 rings (SSSR count). The van der Waals surface area contributed by atoms with E-state index in [0.29, 0.717) is 0 Å². The predicted octanol–water partition coefficient (Wildman–Crippen LogP) is 2.95. The number of carboxylic acids is 1. The molecule has 0 fully saturated rings. The third kappa shape index (κ3) is 4.93.